The van der Waals surface area contributed by atoms with E-state index in [1.807, 2.05) is 61.5 Å². The van der Waals surface area contributed by atoms with Gasteiger partial charge in [0.05, 0.1) is 6.61 Å². The average Bonchev–Trinajstić information content (AvgIpc) is 2.49. The first-order chi connectivity index (χ1) is 9.71. The fourth-order valence-corrected chi connectivity index (χ4v) is 1.72. The summed E-state index contributed by atoms with van der Waals surface area (Å²) in [4.78, 5) is 0. The molecule has 0 aromatic heterocycles. The van der Waals surface area contributed by atoms with Crippen LogP contribution < -0.4 is 4.74 Å². The number of halogens is 1. The first-order valence-corrected chi connectivity index (χ1v) is 6.81. The number of hydrogen-bond acceptors (Lipinski definition) is 1. The van der Waals surface area contributed by atoms with Crippen molar-refractivity contribution in [1.29, 1.82) is 0 Å². The van der Waals surface area contributed by atoms with E-state index < -0.39 is 0 Å². The Morgan fingerprint density at radius 3 is 2.10 bits per heavy atom. The van der Waals surface area contributed by atoms with Crippen molar-refractivity contribution in [2.24, 2.45) is 0 Å². The Kier molecular flexibility index (Phi) is 7.23. The molecule has 0 aliphatic heterocycles. The normalized spacial score (nSPS) is 9.10. The summed E-state index contributed by atoms with van der Waals surface area (Å²) in [5.74, 6) is 0.915. The van der Waals surface area contributed by atoms with E-state index in [9.17, 15) is 0 Å². The maximum absolute atomic E-state index is 5.75. The molecule has 2 rings (SSSR count). The number of hydrogen-bond donors (Lipinski definition) is 0. The number of benzene rings is 2. The molecule has 0 radical (unpaired) electrons. The zero-order valence-corrected chi connectivity index (χ0v) is 12.4. The van der Waals surface area contributed by atoms with Crippen molar-refractivity contribution in [3.05, 3.63) is 77.8 Å². The van der Waals surface area contributed by atoms with E-state index >= 15 is 0 Å². The molecule has 1 nitrogen and oxygen atoms in total. The lowest BCUT2D eigenvalue weighted by Crippen LogP contribution is -1.90. The van der Waals surface area contributed by atoms with Gasteiger partial charge in [-0.25, -0.2) is 0 Å². The minimum Gasteiger partial charge on any atom is -0.494 e. The summed E-state index contributed by atoms with van der Waals surface area (Å²) in [7, 11) is 0. The predicted molar refractivity (Wildman–Crippen MR) is 89.2 cm³/mol. The van der Waals surface area contributed by atoms with Gasteiger partial charge >= 0.3 is 0 Å². The van der Waals surface area contributed by atoms with E-state index in [2.05, 4.69) is 13.2 Å². The predicted octanol–water partition coefficient (Wildman–Crippen LogP) is 5.71. The van der Waals surface area contributed by atoms with Crippen molar-refractivity contribution in [1.82, 2.24) is 0 Å². The molecule has 0 saturated heterocycles. The highest BCUT2D eigenvalue weighted by molar-refractivity contribution is 6.32. The molecule has 2 aromatic carbocycles. The zero-order valence-electron chi connectivity index (χ0n) is 11.7. The Labute approximate surface area is 126 Å². The SMILES string of the molecule is C=Cc1ccc(OCC)cc1.C=Cc1ccccc1Cl. The largest absolute Gasteiger partial charge is 0.494 e. The van der Waals surface area contributed by atoms with Gasteiger partial charge in [0.25, 0.3) is 0 Å². The van der Waals surface area contributed by atoms with E-state index in [0.717, 1.165) is 21.9 Å². The molecule has 0 heterocycles. The molecule has 0 unspecified atom stereocenters. The highest BCUT2D eigenvalue weighted by Gasteiger charge is 1.90. The molecule has 0 spiro atoms. The molecular weight excluding hydrogens is 268 g/mol. The summed E-state index contributed by atoms with van der Waals surface area (Å²) in [6.07, 6.45) is 3.55. The van der Waals surface area contributed by atoms with Gasteiger partial charge in [0.15, 0.2) is 0 Å². The molecule has 0 aliphatic rings. The lowest BCUT2D eigenvalue weighted by Gasteiger charge is -2.01. The van der Waals surface area contributed by atoms with Gasteiger partial charge in [0.2, 0.25) is 0 Å². The van der Waals surface area contributed by atoms with Crippen molar-refractivity contribution < 1.29 is 4.74 Å². The molecule has 20 heavy (non-hydrogen) atoms. The van der Waals surface area contributed by atoms with Crippen LogP contribution in [-0.2, 0) is 0 Å². The molecule has 0 amide bonds. The van der Waals surface area contributed by atoms with E-state index in [0.29, 0.717) is 6.61 Å². The summed E-state index contributed by atoms with van der Waals surface area (Å²) in [6.45, 7) is 9.96. The monoisotopic (exact) mass is 286 g/mol. The zero-order chi connectivity index (χ0) is 14.8. The van der Waals surface area contributed by atoms with Crippen LogP contribution in [0.2, 0.25) is 5.02 Å². The van der Waals surface area contributed by atoms with Gasteiger partial charge in [-0.05, 0) is 36.2 Å². The minimum atomic E-state index is 0.716. The molecule has 0 bridgehead atoms. The summed E-state index contributed by atoms with van der Waals surface area (Å²) >= 11 is 5.75. The van der Waals surface area contributed by atoms with Crippen molar-refractivity contribution >= 4 is 23.8 Å². The summed E-state index contributed by atoms with van der Waals surface area (Å²) < 4.78 is 5.27. The minimum absolute atomic E-state index is 0.716. The first kappa shape index (κ1) is 16.1. The smallest absolute Gasteiger partial charge is 0.119 e. The quantitative estimate of drug-likeness (QED) is 0.699. The van der Waals surface area contributed by atoms with E-state index in [-0.39, 0.29) is 0 Å². The second-order valence-corrected chi connectivity index (χ2v) is 4.34. The van der Waals surface area contributed by atoms with Gasteiger partial charge < -0.3 is 4.74 Å². The molecular formula is C18H19ClO. The maximum atomic E-state index is 5.75. The van der Waals surface area contributed by atoms with E-state index in [4.69, 9.17) is 16.3 Å². The second-order valence-electron chi connectivity index (χ2n) is 3.93. The van der Waals surface area contributed by atoms with Gasteiger partial charge in [-0.2, -0.15) is 0 Å². The fourth-order valence-electron chi connectivity index (χ4n) is 1.51. The highest BCUT2D eigenvalue weighted by atomic mass is 35.5. The van der Waals surface area contributed by atoms with Crippen LogP contribution >= 0.6 is 11.6 Å². The van der Waals surface area contributed by atoms with Crippen LogP contribution in [0.5, 0.6) is 5.75 Å². The lowest BCUT2D eigenvalue weighted by molar-refractivity contribution is 0.340. The molecule has 0 aliphatic carbocycles. The summed E-state index contributed by atoms with van der Waals surface area (Å²) in [5, 5.41) is 0.757. The molecule has 0 atom stereocenters. The number of ether oxygens (including phenoxy) is 1. The van der Waals surface area contributed by atoms with Crippen LogP contribution in [0.1, 0.15) is 18.1 Å². The van der Waals surface area contributed by atoms with Crippen LogP contribution in [-0.4, -0.2) is 6.61 Å². The Bertz CT molecular complexity index is 544. The van der Waals surface area contributed by atoms with Gasteiger partial charge in [-0.15, -0.1) is 0 Å². The Balaban J connectivity index is 0.000000204. The molecule has 0 N–H and O–H groups in total. The highest BCUT2D eigenvalue weighted by Crippen LogP contribution is 2.15. The first-order valence-electron chi connectivity index (χ1n) is 6.43. The van der Waals surface area contributed by atoms with E-state index in [1.165, 1.54) is 0 Å². The summed E-state index contributed by atoms with van der Waals surface area (Å²) in [6, 6.07) is 15.5. The molecule has 0 fully saturated rings. The van der Waals surface area contributed by atoms with Gasteiger partial charge in [0.1, 0.15) is 5.75 Å². The van der Waals surface area contributed by atoms with Crippen molar-refractivity contribution in [3.63, 3.8) is 0 Å². The number of rotatable bonds is 4. The van der Waals surface area contributed by atoms with Gasteiger partial charge in [-0.1, -0.05) is 67.2 Å². The maximum Gasteiger partial charge on any atom is 0.119 e. The van der Waals surface area contributed by atoms with Crippen LogP contribution in [0.15, 0.2) is 61.7 Å². The van der Waals surface area contributed by atoms with E-state index in [1.54, 1.807) is 6.08 Å². The lowest BCUT2D eigenvalue weighted by atomic mass is 10.2. The molecule has 104 valence electrons. The third-order valence-electron chi connectivity index (χ3n) is 2.55. The van der Waals surface area contributed by atoms with Crippen molar-refractivity contribution in [3.8, 4) is 5.75 Å². The molecule has 2 aromatic rings. The van der Waals surface area contributed by atoms with Crippen LogP contribution in [0.25, 0.3) is 12.2 Å². The van der Waals surface area contributed by atoms with Gasteiger partial charge in [0, 0.05) is 5.02 Å². The Hall–Kier alpha value is -1.99. The summed E-state index contributed by atoms with van der Waals surface area (Å²) in [5.41, 5.74) is 2.10. The molecule has 2 heteroatoms. The van der Waals surface area contributed by atoms with Crippen LogP contribution in [0.3, 0.4) is 0 Å². The standard InChI is InChI=1S/C10H12O.C8H7Cl/c1-3-9-5-7-10(8-6-9)11-4-2;1-2-7-5-3-4-6-8(7)9/h3,5-8H,1,4H2,2H3;2-6H,1H2. The van der Waals surface area contributed by atoms with Crippen LogP contribution in [0, 0.1) is 0 Å². The third-order valence-corrected chi connectivity index (χ3v) is 2.90. The Morgan fingerprint density at radius 1 is 1.00 bits per heavy atom. The molecule has 0 saturated carbocycles. The third kappa shape index (κ3) is 5.33. The van der Waals surface area contributed by atoms with Gasteiger partial charge in [-0.3, -0.25) is 0 Å². The van der Waals surface area contributed by atoms with Crippen molar-refractivity contribution in [2.75, 3.05) is 6.61 Å². The second kappa shape index (κ2) is 9.00. The Morgan fingerprint density at radius 2 is 1.65 bits per heavy atom. The topological polar surface area (TPSA) is 9.23 Å². The van der Waals surface area contributed by atoms with Crippen LogP contribution in [0.4, 0.5) is 0 Å². The van der Waals surface area contributed by atoms with Crippen molar-refractivity contribution in [2.45, 2.75) is 6.92 Å². The average molecular weight is 287 g/mol. The fraction of sp³-hybridized carbons (Fsp3) is 0.111.